The molecule has 4 nitrogen and oxygen atoms in total. The number of halogens is 3. The lowest BCUT2D eigenvalue weighted by Gasteiger charge is -2.10. The van der Waals surface area contributed by atoms with Crippen LogP contribution in [0.5, 0.6) is 5.75 Å². The van der Waals surface area contributed by atoms with Gasteiger partial charge in [0, 0.05) is 12.7 Å². The number of hydrogen-bond acceptors (Lipinski definition) is 4. The third-order valence-corrected chi connectivity index (χ3v) is 4.18. The van der Waals surface area contributed by atoms with Gasteiger partial charge in [-0.25, -0.2) is 8.42 Å². The monoisotopic (exact) mass is 310 g/mol. The van der Waals surface area contributed by atoms with Crippen LogP contribution < -0.4 is 4.74 Å². The summed E-state index contributed by atoms with van der Waals surface area (Å²) in [7, 11) is -3.48. The Hall–Kier alpha value is -1.57. The molecular formula is C12H13F3O4S. The topological polar surface area (TPSA) is 60.4 Å². The van der Waals surface area contributed by atoms with Crippen molar-refractivity contribution >= 4 is 15.6 Å². The van der Waals surface area contributed by atoms with Crippen molar-refractivity contribution in [3.8, 4) is 5.75 Å². The number of benzene rings is 1. The van der Waals surface area contributed by atoms with Crippen molar-refractivity contribution in [3.63, 3.8) is 0 Å². The summed E-state index contributed by atoms with van der Waals surface area (Å²) >= 11 is 0. The number of alkyl halides is 3. The Labute approximate surface area is 114 Å². The summed E-state index contributed by atoms with van der Waals surface area (Å²) in [6, 6.07) is 4.71. The molecule has 0 radical (unpaired) electrons. The van der Waals surface area contributed by atoms with Gasteiger partial charge in [0.05, 0.1) is 0 Å². The predicted molar refractivity (Wildman–Crippen MR) is 66.1 cm³/mol. The number of carbonyl (C=O) groups excluding carboxylic acids is 1. The molecule has 0 spiro atoms. The highest BCUT2D eigenvalue weighted by molar-refractivity contribution is 7.92. The molecule has 0 saturated carbocycles. The van der Waals surface area contributed by atoms with Crippen molar-refractivity contribution in [2.75, 3.05) is 6.26 Å². The lowest BCUT2D eigenvalue weighted by atomic mass is 10.1. The van der Waals surface area contributed by atoms with Crippen LogP contribution in [0, 0.1) is 0 Å². The van der Waals surface area contributed by atoms with E-state index < -0.39 is 33.0 Å². The van der Waals surface area contributed by atoms with Crippen molar-refractivity contribution in [1.29, 1.82) is 0 Å². The first-order valence-corrected chi connectivity index (χ1v) is 7.51. The molecule has 1 aromatic carbocycles. The Bertz CT molecular complexity index is 576. The molecule has 1 aromatic rings. The molecule has 0 bridgehead atoms. The summed E-state index contributed by atoms with van der Waals surface area (Å²) in [6.45, 7) is 1.28. The van der Waals surface area contributed by atoms with E-state index in [4.69, 9.17) is 0 Å². The van der Waals surface area contributed by atoms with E-state index in [9.17, 15) is 26.4 Å². The van der Waals surface area contributed by atoms with Crippen LogP contribution in [0.1, 0.15) is 12.5 Å². The third kappa shape index (κ3) is 5.20. The zero-order valence-corrected chi connectivity index (χ0v) is 11.6. The summed E-state index contributed by atoms with van der Waals surface area (Å²) in [5, 5.41) is -1.14. The molecule has 1 atom stereocenters. The molecule has 0 aliphatic heterocycles. The molecule has 0 fully saturated rings. The molecule has 0 heterocycles. The smallest absolute Gasteiger partial charge is 0.406 e. The van der Waals surface area contributed by atoms with Gasteiger partial charge in [0.1, 0.15) is 11.0 Å². The summed E-state index contributed by atoms with van der Waals surface area (Å²) in [5.74, 6) is -0.915. The summed E-state index contributed by atoms with van der Waals surface area (Å²) in [5.41, 5.74) is 0.417. The zero-order chi connectivity index (χ0) is 15.6. The van der Waals surface area contributed by atoms with E-state index in [1.54, 1.807) is 0 Å². The molecule has 20 heavy (non-hydrogen) atoms. The molecule has 0 aromatic heterocycles. The maximum atomic E-state index is 11.9. The van der Waals surface area contributed by atoms with Crippen LogP contribution in [0.2, 0.25) is 0 Å². The van der Waals surface area contributed by atoms with Crippen molar-refractivity contribution in [3.05, 3.63) is 29.8 Å². The van der Waals surface area contributed by atoms with Crippen LogP contribution in [0.25, 0.3) is 0 Å². The maximum Gasteiger partial charge on any atom is 0.573 e. The van der Waals surface area contributed by atoms with Gasteiger partial charge in [-0.3, -0.25) is 4.79 Å². The van der Waals surface area contributed by atoms with Crippen molar-refractivity contribution in [2.45, 2.75) is 25.0 Å². The molecule has 0 saturated heterocycles. The van der Waals surface area contributed by atoms with Gasteiger partial charge < -0.3 is 4.74 Å². The fraction of sp³-hybridized carbons (Fsp3) is 0.417. The fourth-order valence-electron chi connectivity index (χ4n) is 1.39. The first-order valence-electron chi connectivity index (χ1n) is 5.55. The van der Waals surface area contributed by atoms with Gasteiger partial charge in [-0.05, 0) is 24.6 Å². The number of sulfone groups is 1. The van der Waals surface area contributed by atoms with Crippen LogP contribution in [-0.4, -0.2) is 32.1 Å². The average molecular weight is 310 g/mol. The molecule has 0 aliphatic rings. The number of rotatable bonds is 5. The van der Waals surface area contributed by atoms with Gasteiger partial charge in [0.2, 0.25) is 0 Å². The molecule has 0 aliphatic carbocycles. The van der Waals surface area contributed by atoms with Gasteiger partial charge in [0.15, 0.2) is 15.6 Å². The fourth-order valence-corrected chi connectivity index (χ4v) is 1.95. The van der Waals surface area contributed by atoms with E-state index in [0.29, 0.717) is 5.56 Å². The zero-order valence-electron chi connectivity index (χ0n) is 10.8. The van der Waals surface area contributed by atoms with Crippen LogP contribution in [0.15, 0.2) is 24.3 Å². The highest BCUT2D eigenvalue weighted by Crippen LogP contribution is 2.23. The predicted octanol–water partition coefficient (Wildman–Crippen LogP) is 2.13. The van der Waals surface area contributed by atoms with Crippen molar-refractivity contribution in [1.82, 2.24) is 0 Å². The normalized spacial score (nSPS) is 13.8. The quantitative estimate of drug-likeness (QED) is 0.836. The van der Waals surface area contributed by atoms with Crippen LogP contribution >= 0.6 is 0 Å². The van der Waals surface area contributed by atoms with E-state index in [-0.39, 0.29) is 6.42 Å². The number of ether oxygens (including phenoxy) is 1. The van der Waals surface area contributed by atoms with Gasteiger partial charge in [-0.15, -0.1) is 13.2 Å². The van der Waals surface area contributed by atoms with Crippen LogP contribution in [-0.2, 0) is 21.1 Å². The standard InChI is InChI=1S/C12H13F3O4S/c1-8(20(2,17)18)11(16)7-9-3-5-10(6-4-9)19-12(13,14)15/h3-6,8H,7H2,1-2H3. The van der Waals surface area contributed by atoms with Gasteiger partial charge in [-0.2, -0.15) is 0 Å². The number of hydrogen-bond donors (Lipinski definition) is 0. The molecular weight excluding hydrogens is 297 g/mol. The maximum absolute atomic E-state index is 11.9. The van der Waals surface area contributed by atoms with Crippen LogP contribution in [0.4, 0.5) is 13.2 Å². The summed E-state index contributed by atoms with van der Waals surface area (Å²) in [6.07, 6.45) is -3.99. The molecule has 1 unspecified atom stereocenters. The van der Waals surface area contributed by atoms with Gasteiger partial charge in [0.25, 0.3) is 0 Å². The van der Waals surface area contributed by atoms with Crippen molar-refractivity contribution < 1.29 is 31.1 Å². The second-order valence-corrected chi connectivity index (χ2v) is 6.67. The second-order valence-electron chi connectivity index (χ2n) is 4.31. The highest BCUT2D eigenvalue weighted by Gasteiger charge is 2.31. The minimum Gasteiger partial charge on any atom is -0.406 e. The SMILES string of the molecule is CC(C(=O)Cc1ccc(OC(F)(F)F)cc1)S(C)(=O)=O. The molecule has 8 heteroatoms. The number of carbonyl (C=O) groups is 1. The summed E-state index contributed by atoms with van der Waals surface area (Å²) in [4.78, 5) is 11.7. The highest BCUT2D eigenvalue weighted by atomic mass is 32.2. The first-order chi connectivity index (χ1) is 8.99. The Balaban J connectivity index is 2.74. The number of ketones is 1. The lowest BCUT2D eigenvalue weighted by Crippen LogP contribution is -2.27. The number of Topliss-reactive ketones (excluding diaryl/α,β-unsaturated/α-hetero) is 1. The Morgan fingerprint density at radius 3 is 2.15 bits per heavy atom. The Morgan fingerprint density at radius 2 is 1.75 bits per heavy atom. The van der Waals surface area contributed by atoms with E-state index in [1.165, 1.54) is 19.1 Å². The van der Waals surface area contributed by atoms with Gasteiger partial charge >= 0.3 is 6.36 Å². The minimum atomic E-state index is -4.78. The van der Waals surface area contributed by atoms with E-state index in [1.807, 2.05) is 0 Å². The molecule has 0 N–H and O–H groups in total. The Morgan fingerprint density at radius 1 is 1.25 bits per heavy atom. The van der Waals surface area contributed by atoms with Crippen LogP contribution in [0.3, 0.4) is 0 Å². The first kappa shape index (κ1) is 16.5. The van der Waals surface area contributed by atoms with Gasteiger partial charge in [-0.1, -0.05) is 12.1 Å². The minimum absolute atomic E-state index is 0.166. The second kappa shape index (κ2) is 5.82. The van der Waals surface area contributed by atoms with E-state index in [0.717, 1.165) is 18.4 Å². The lowest BCUT2D eigenvalue weighted by molar-refractivity contribution is -0.274. The van der Waals surface area contributed by atoms with Crippen molar-refractivity contribution in [2.24, 2.45) is 0 Å². The third-order valence-electron chi connectivity index (χ3n) is 2.63. The van der Waals surface area contributed by atoms with E-state index in [2.05, 4.69) is 4.74 Å². The average Bonchev–Trinajstić information content (AvgIpc) is 2.27. The largest absolute Gasteiger partial charge is 0.573 e. The Kier molecular flexibility index (Phi) is 4.80. The molecule has 0 amide bonds. The van der Waals surface area contributed by atoms with E-state index >= 15 is 0 Å². The molecule has 1 rings (SSSR count). The molecule has 112 valence electrons. The summed E-state index contributed by atoms with van der Waals surface area (Å²) < 4.78 is 61.9.